The molecule has 2 rings (SSSR count). The Balaban J connectivity index is 2.44. The van der Waals surface area contributed by atoms with Gasteiger partial charge in [0.2, 0.25) is 6.33 Å². The molecule has 0 aliphatic carbocycles. The first-order chi connectivity index (χ1) is 6.56. The average molecular weight is 189 g/mol. The number of nitrogens with one attached hydrogen (secondary N) is 1. The highest BCUT2D eigenvalue weighted by atomic mass is 15.0. The Morgan fingerprint density at radius 1 is 1.21 bits per heavy atom. The van der Waals surface area contributed by atoms with Crippen molar-refractivity contribution in [2.24, 2.45) is 5.41 Å². The summed E-state index contributed by atoms with van der Waals surface area (Å²) in [6.07, 6.45) is 2.05. The SMILES string of the molecule is CC(C)(C)C[n+]1c[nH]c2ccccc21. The normalized spacial score (nSPS) is 12.2. The predicted molar refractivity (Wildman–Crippen MR) is 57.9 cm³/mol. The summed E-state index contributed by atoms with van der Waals surface area (Å²) in [6, 6.07) is 8.39. The van der Waals surface area contributed by atoms with Crippen LogP contribution in [0.25, 0.3) is 11.0 Å². The number of nitrogens with zero attached hydrogens (tertiary/aromatic N) is 1. The third kappa shape index (κ3) is 1.79. The standard InChI is InChI=1S/C12H16N2/c1-12(2,3)8-14-9-13-10-6-4-5-7-11(10)14/h4-7,9H,8H2,1-3H3/p+1. The smallest absolute Gasteiger partial charge is 0.242 e. The molecule has 0 saturated heterocycles. The molecule has 74 valence electrons. The van der Waals surface area contributed by atoms with Gasteiger partial charge in [-0.15, -0.1) is 0 Å². The highest BCUT2D eigenvalue weighted by molar-refractivity contribution is 5.70. The molecule has 2 heteroatoms. The Kier molecular flexibility index (Phi) is 2.06. The number of hydrogen-bond donors (Lipinski definition) is 1. The second kappa shape index (κ2) is 3.12. The fraction of sp³-hybridized carbons (Fsp3) is 0.417. The molecular formula is C12H17N2+. The molecule has 0 unspecified atom stereocenters. The number of H-pyrrole nitrogens is 1. The number of benzene rings is 1. The van der Waals surface area contributed by atoms with Crippen LogP contribution < -0.4 is 4.57 Å². The first kappa shape index (κ1) is 9.25. The topological polar surface area (TPSA) is 19.7 Å². The Morgan fingerprint density at radius 3 is 2.64 bits per heavy atom. The molecule has 1 aromatic carbocycles. The van der Waals surface area contributed by atoms with Gasteiger partial charge in [0, 0.05) is 0 Å². The Labute approximate surface area is 84.6 Å². The number of aromatic nitrogens is 2. The predicted octanol–water partition coefficient (Wildman–Crippen LogP) is 2.50. The van der Waals surface area contributed by atoms with Crippen LogP contribution in [-0.2, 0) is 6.54 Å². The Morgan fingerprint density at radius 2 is 1.93 bits per heavy atom. The van der Waals surface area contributed by atoms with Crippen molar-refractivity contribution in [3.05, 3.63) is 30.6 Å². The van der Waals surface area contributed by atoms with Gasteiger partial charge in [0.05, 0.1) is 6.54 Å². The number of hydrogen-bond acceptors (Lipinski definition) is 0. The van der Waals surface area contributed by atoms with Crippen molar-refractivity contribution in [1.29, 1.82) is 0 Å². The minimum Gasteiger partial charge on any atom is -0.243 e. The van der Waals surface area contributed by atoms with Gasteiger partial charge in [0.25, 0.3) is 0 Å². The first-order valence-corrected chi connectivity index (χ1v) is 5.02. The fourth-order valence-corrected chi connectivity index (χ4v) is 1.70. The third-order valence-electron chi connectivity index (χ3n) is 2.23. The highest BCUT2D eigenvalue weighted by Gasteiger charge is 2.17. The van der Waals surface area contributed by atoms with Gasteiger partial charge in [-0.25, -0.2) is 9.55 Å². The van der Waals surface area contributed by atoms with E-state index in [-0.39, 0.29) is 0 Å². The summed E-state index contributed by atoms with van der Waals surface area (Å²) in [5.41, 5.74) is 2.80. The minimum absolute atomic E-state index is 0.315. The molecule has 14 heavy (non-hydrogen) atoms. The van der Waals surface area contributed by atoms with Crippen molar-refractivity contribution >= 4 is 11.0 Å². The van der Waals surface area contributed by atoms with Gasteiger partial charge in [0.1, 0.15) is 0 Å². The number of imidazole rings is 1. The van der Waals surface area contributed by atoms with Crippen LogP contribution in [0.2, 0.25) is 0 Å². The van der Waals surface area contributed by atoms with Crippen molar-refractivity contribution in [3.63, 3.8) is 0 Å². The van der Waals surface area contributed by atoms with E-state index in [1.807, 2.05) is 0 Å². The summed E-state index contributed by atoms with van der Waals surface area (Å²) in [6.45, 7) is 7.79. The van der Waals surface area contributed by atoms with Gasteiger partial charge in [-0.1, -0.05) is 32.9 Å². The van der Waals surface area contributed by atoms with Crippen LogP contribution in [-0.4, -0.2) is 4.98 Å². The summed E-state index contributed by atoms with van der Waals surface area (Å²) in [4.78, 5) is 3.27. The lowest BCUT2D eigenvalue weighted by Gasteiger charge is -2.14. The monoisotopic (exact) mass is 189 g/mol. The van der Waals surface area contributed by atoms with E-state index in [0.717, 1.165) is 6.54 Å². The van der Waals surface area contributed by atoms with E-state index in [2.05, 4.69) is 60.9 Å². The van der Waals surface area contributed by atoms with Crippen molar-refractivity contribution in [1.82, 2.24) is 4.98 Å². The molecule has 0 radical (unpaired) electrons. The van der Waals surface area contributed by atoms with Crippen LogP contribution in [0.4, 0.5) is 0 Å². The zero-order valence-corrected chi connectivity index (χ0v) is 9.04. The fourth-order valence-electron chi connectivity index (χ4n) is 1.70. The second-order valence-corrected chi connectivity index (χ2v) is 4.98. The molecule has 1 aromatic heterocycles. The van der Waals surface area contributed by atoms with Crippen LogP contribution >= 0.6 is 0 Å². The maximum atomic E-state index is 3.27. The lowest BCUT2D eigenvalue weighted by Crippen LogP contribution is -2.38. The van der Waals surface area contributed by atoms with Gasteiger partial charge < -0.3 is 0 Å². The van der Waals surface area contributed by atoms with Crippen LogP contribution in [0.1, 0.15) is 20.8 Å². The summed E-state index contributed by atoms with van der Waals surface area (Å²) < 4.78 is 2.27. The number of aromatic amines is 1. The summed E-state index contributed by atoms with van der Waals surface area (Å²) >= 11 is 0. The van der Waals surface area contributed by atoms with Crippen LogP contribution in [0.15, 0.2) is 30.6 Å². The van der Waals surface area contributed by atoms with E-state index in [0.29, 0.717) is 5.41 Å². The summed E-state index contributed by atoms with van der Waals surface area (Å²) in [5.74, 6) is 0. The maximum absolute atomic E-state index is 3.27. The van der Waals surface area contributed by atoms with Crippen molar-refractivity contribution in [3.8, 4) is 0 Å². The van der Waals surface area contributed by atoms with E-state index in [1.165, 1.54) is 11.0 Å². The van der Waals surface area contributed by atoms with Gasteiger partial charge in [-0.2, -0.15) is 0 Å². The molecule has 2 nitrogen and oxygen atoms in total. The van der Waals surface area contributed by atoms with Crippen LogP contribution in [0.3, 0.4) is 0 Å². The molecule has 0 atom stereocenters. The van der Waals surface area contributed by atoms with Crippen LogP contribution in [0, 0.1) is 5.41 Å². The number of rotatable bonds is 1. The van der Waals surface area contributed by atoms with E-state index in [9.17, 15) is 0 Å². The molecular weight excluding hydrogens is 172 g/mol. The van der Waals surface area contributed by atoms with Gasteiger partial charge in [-0.05, 0) is 17.5 Å². The minimum atomic E-state index is 0.315. The molecule has 0 spiro atoms. The molecule has 0 amide bonds. The third-order valence-corrected chi connectivity index (χ3v) is 2.23. The van der Waals surface area contributed by atoms with E-state index in [1.54, 1.807) is 0 Å². The summed E-state index contributed by atoms with van der Waals surface area (Å²) in [5, 5.41) is 0. The number of fused-ring (bicyclic) bond motifs is 1. The zero-order chi connectivity index (χ0) is 10.2. The Hall–Kier alpha value is -1.31. The molecule has 0 saturated carbocycles. The van der Waals surface area contributed by atoms with Crippen molar-refractivity contribution in [2.75, 3.05) is 0 Å². The zero-order valence-electron chi connectivity index (χ0n) is 9.04. The van der Waals surface area contributed by atoms with Gasteiger partial charge in [0.15, 0.2) is 11.0 Å². The lowest BCUT2D eigenvalue weighted by atomic mass is 9.97. The Bertz CT molecular complexity index is 435. The molecule has 1 heterocycles. The summed E-state index contributed by atoms with van der Waals surface area (Å²) in [7, 11) is 0. The molecule has 2 aromatic rings. The van der Waals surface area contributed by atoms with Crippen LogP contribution in [0.5, 0.6) is 0 Å². The molecule has 0 aliphatic heterocycles. The molecule has 0 bridgehead atoms. The van der Waals surface area contributed by atoms with Gasteiger partial charge in [-0.3, -0.25) is 0 Å². The highest BCUT2D eigenvalue weighted by Crippen LogP contribution is 2.14. The van der Waals surface area contributed by atoms with E-state index < -0.39 is 0 Å². The molecule has 1 N–H and O–H groups in total. The molecule has 0 aliphatic rings. The maximum Gasteiger partial charge on any atom is 0.242 e. The quantitative estimate of drug-likeness (QED) is 0.665. The first-order valence-electron chi connectivity index (χ1n) is 5.02. The van der Waals surface area contributed by atoms with Crippen molar-refractivity contribution < 1.29 is 4.57 Å². The van der Waals surface area contributed by atoms with Crippen molar-refractivity contribution in [2.45, 2.75) is 27.3 Å². The van der Waals surface area contributed by atoms with Gasteiger partial charge >= 0.3 is 0 Å². The number of para-hydroxylation sites is 2. The second-order valence-electron chi connectivity index (χ2n) is 4.98. The lowest BCUT2D eigenvalue weighted by molar-refractivity contribution is -0.683. The largest absolute Gasteiger partial charge is 0.243 e. The molecule has 0 fully saturated rings. The average Bonchev–Trinajstić information content (AvgIpc) is 2.47. The van der Waals surface area contributed by atoms with E-state index in [4.69, 9.17) is 0 Å². The van der Waals surface area contributed by atoms with E-state index >= 15 is 0 Å².